The van der Waals surface area contributed by atoms with Crippen LogP contribution in [0, 0.1) is 16.0 Å². The zero-order valence-electron chi connectivity index (χ0n) is 17.7. The maximum atomic E-state index is 13.1. The smallest absolute Gasteiger partial charge is 0.274 e. The molecule has 1 heterocycles. The van der Waals surface area contributed by atoms with Crippen LogP contribution in [0.1, 0.15) is 61.6 Å². The molecular weight excluding hydrogens is 426 g/mol. The van der Waals surface area contributed by atoms with Crippen LogP contribution in [0.2, 0.25) is 0 Å². The third kappa shape index (κ3) is 3.82. The summed E-state index contributed by atoms with van der Waals surface area (Å²) in [5, 5.41) is 15.1. The Labute approximate surface area is 188 Å². The van der Waals surface area contributed by atoms with E-state index in [9.17, 15) is 18.5 Å². The zero-order valence-corrected chi connectivity index (χ0v) is 18.6. The lowest BCUT2D eigenvalue weighted by atomic mass is 9.76. The molecule has 0 amide bonds. The maximum Gasteiger partial charge on any atom is 0.274 e. The maximum absolute atomic E-state index is 13.1. The second kappa shape index (κ2) is 8.33. The lowest BCUT2D eigenvalue weighted by Gasteiger charge is -2.37. The number of rotatable bonds is 5. The Morgan fingerprint density at radius 2 is 1.81 bits per heavy atom. The number of allylic oxidation sites excluding steroid dienone is 2. The van der Waals surface area contributed by atoms with Gasteiger partial charge in [0.2, 0.25) is 10.0 Å². The van der Waals surface area contributed by atoms with Gasteiger partial charge in [-0.25, -0.2) is 13.1 Å². The van der Waals surface area contributed by atoms with E-state index in [4.69, 9.17) is 0 Å². The number of sulfonamides is 1. The highest BCUT2D eigenvalue weighted by Crippen LogP contribution is 2.51. The summed E-state index contributed by atoms with van der Waals surface area (Å²) < 4.78 is 29.0. The topological polar surface area (TPSA) is 101 Å². The van der Waals surface area contributed by atoms with Crippen molar-refractivity contribution < 1.29 is 13.3 Å². The minimum atomic E-state index is -3.60. The number of nitrogens with zero attached hydrogens (tertiary/aromatic N) is 1. The molecule has 1 saturated carbocycles. The summed E-state index contributed by atoms with van der Waals surface area (Å²) in [4.78, 5) is 11.6. The Morgan fingerprint density at radius 3 is 2.59 bits per heavy atom. The van der Waals surface area contributed by atoms with Gasteiger partial charge in [0, 0.05) is 23.7 Å². The molecular formula is C24H27N3O4S. The van der Waals surface area contributed by atoms with E-state index < -0.39 is 10.0 Å². The zero-order chi connectivity index (χ0) is 22.3. The molecule has 2 N–H and O–H groups in total. The van der Waals surface area contributed by atoms with Crippen molar-refractivity contribution in [1.82, 2.24) is 4.72 Å². The average Bonchev–Trinajstić information content (AvgIpc) is 3.29. The largest absolute Gasteiger partial charge is 0.377 e. The Bertz CT molecular complexity index is 1170. The van der Waals surface area contributed by atoms with Crippen LogP contribution in [-0.4, -0.2) is 19.4 Å². The number of nitro benzene ring substituents is 1. The number of nitrogens with one attached hydrogen (secondary N) is 2. The van der Waals surface area contributed by atoms with Crippen molar-refractivity contribution in [3.8, 4) is 0 Å². The van der Waals surface area contributed by atoms with Crippen LogP contribution >= 0.6 is 0 Å². The van der Waals surface area contributed by atoms with Gasteiger partial charge in [0.15, 0.2) is 0 Å². The Morgan fingerprint density at radius 1 is 1.03 bits per heavy atom. The normalized spacial score (nSPS) is 25.1. The molecule has 3 aliphatic rings. The molecule has 168 valence electrons. The highest BCUT2D eigenvalue weighted by Gasteiger charge is 2.40. The quantitative estimate of drug-likeness (QED) is 0.375. The standard InChI is InChI=1S/C24H27N3O4S/c28-27(29)23-12-5-4-9-20(23)24-19-11-6-10-18(19)21-15-17(13-14-22(21)25-24)32(30,31)26-16-7-2-1-3-8-16/h4-6,9-10,12-16,18-19,24-26H,1-3,7-8,11H2. The summed E-state index contributed by atoms with van der Waals surface area (Å²) >= 11 is 0. The van der Waals surface area contributed by atoms with Crippen molar-refractivity contribution >= 4 is 21.4 Å². The Kier molecular flexibility index (Phi) is 5.51. The third-order valence-electron chi connectivity index (χ3n) is 7.04. The molecule has 0 bridgehead atoms. The van der Waals surface area contributed by atoms with Crippen molar-refractivity contribution in [1.29, 1.82) is 0 Å². The van der Waals surface area contributed by atoms with Crippen molar-refractivity contribution in [3.63, 3.8) is 0 Å². The number of benzene rings is 2. The molecule has 3 atom stereocenters. The Hall–Kier alpha value is -2.71. The molecule has 0 saturated heterocycles. The summed E-state index contributed by atoms with van der Waals surface area (Å²) in [5.74, 6) is 0.105. The molecule has 0 spiro atoms. The molecule has 2 aliphatic carbocycles. The fourth-order valence-electron chi connectivity index (χ4n) is 5.47. The fraction of sp³-hybridized carbons (Fsp3) is 0.417. The predicted octanol–water partition coefficient (Wildman–Crippen LogP) is 5.03. The van der Waals surface area contributed by atoms with E-state index in [2.05, 4.69) is 22.2 Å². The van der Waals surface area contributed by atoms with Gasteiger partial charge in [-0.2, -0.15) is 0 Å². The Balaban J connectivity index is 1.48. The molecule has 32 heavy (non-hydrogen) atoms. The summed E-state index contributed by atoms with van der Waals surface area (Å²) in [6.07, 6.45) is 10.0. The van der Waals surface area contributed by atoms with E-state index in [1.807, 2.05) is 12.1 Å². The van der Waals surface area contributed by atoms with E-state index in [0.717, 1.165) is 43.4 Å². The lowest BCUT2D eigenvalue weighted by Crippen LogP contribution is -2.36. The molecule has 0 radical (unpaired) electrons. The third-order valence-corrected chi connectivity index (χ3v) is 8.56. The van der Waals surface area contributed by atoms with Gasteiger partial charge in [-0.1, -0.05) is 49.6 Å². The molecule has 0 aromatic heterocycles. The summed E-state index contributed by atoms with van der Waals surface area (Å²) in [6, 6.07) is 11.8. The van der Waals surface area contributed by atoms with Crippen LogP contribution in [0.25, 0.3) is 0 Å². The van der Waals surface area contributed by atoms with Crippen LogP contribution in [-0.2, 0) is 10.0 Å². The van der Waals surface area contributed by atoms with Crippen LogP contribution in [0.3, 0.4) is 0 Å². The van der Waals surface area contributed by atoms with Crippen molar-refractivity contribution in [3.05, 3.63) is 75.9 Å². The number of para-hydroxylation sites is 1. The van der Waals surface area contributed by atoms with Crippen molar-refractivity contribution in [2.24, 2.45) is 5.92 Å². The fourth-order valence-corrected chi connectivity index (χ4v) is 6.81. The first kappa shape index (κ1) is 21.2. The molecule has 1 aliphatic heterocycles. The SMILES string of the molecule is O=[N+]([O-])c1ccccc1C1Nc2ccc(S(=O)(=O)NC3CCCCC3)cc2C2C=CCC21. The van der Waals surface area contributed by atoms with Crippen molar-refractivity contribution in [2.45, 2.75) is 61.4 Å². The molecule has 1 fully saturated rings. The molecule has 2 aromatic rings. The molecule has 7 nitrogen and oxygen atoms in total. The second-order valence-corrected chi connectivity index (χ2v) is 10.7. The van der Waals surface area contributed by atoms with E-state index in [1.165, 1.54) is 12.5 Å². The number of anilines is 1. The van der Waals surface area contributed by atoms with Crippen LogP contribution in [0.15, 0.2) is 59.5 Å². The van der Waals surface area contributed by atoms with E-state index in [-0.39, 0.29) is 39.4 Å². The van der Waals surface area contributed by atoms with Crippen molar-refractivity contribution in [2.75, 3.05) is 5.32 Å². The van der Waals surface area contributed by atoms with Gasteiger partial charge < -0.3 is 5.32 Å². The number of hydrogen-bond acceptors (Lipinski definition) is 5. The number of fused-ring (bicyclic) bond motifs is 3. The number of nitro groups is 1. The lowest BCUT2D eigenvalue weighted by molar-refractivity contribution is -0.385. The molecule has 2 aromatic carbocycles. The summed E-state index contributed by atoms with van der Waals surface area (Å²) in [6.45, 7) is 0. The first-order valence-electron chi connectivity index (χ1n) is 11.3. The van der Waals surface area contributed by atoms with Gasteiger partial charge in [0.1, 0.15) is 0 Å². The predicted molar refractivity (Wildman–Crippen MR) is 123 cm³/mol. The molecule has 5 rings (SSSR count). The van der Waals surface area contributed by atoms with Gasteiger partial charge in [-0.3, -0.25) is 10.1 Å². The van der Waals surface area contributed by atoms with E-state index in [0.29, 0.717) is 5.56 Å². The van der Waals surface area contributed by atoms with Crippen LogP contribution < -0.4 is 10.0 Å². The van der Waals surface area contributed by atoms with E-state index >= 15 is 0 Å². The van der Waals surface area contributed by atoms with Gasteiger partial charge >= 0.3 is 0 Å². The van der Waals surface area contributed by atoms with E-state index in [1.54, 1.807) is 24.3 Å². The van der Waals surface area contributed by atoms with Gasteiger partial charge in [0.25, 0.3) is 5.69 Å². The minimum Gasteiger partial charge on any atom is -0.377 e. The molecule has 8 heteroatoms. The minimum absolute atomic E-state index is 0.00467. The number of hydrogen-bond donors (Lipinski definition) is 2. The highest BCUT2D eigenvalue weighted by atomic mass is 32.2. The summed E-state index contributed by atoms with van der Waals surface area (Å²) in [5.41, 5.74) is 2.54. The first-order valence-corrected chi connectivity index (χ1v) is 12.7. The van der Waals surface area contributed by atoms with Gasteiger partial charge in [-0.15, -0.1) is 0 Å². The highest BCUT2D eigenvalue weighted by molar-refractivity contribution is 7.89. The first-order chi connectivity index (χ1) is 15.4. The van der Waals surface area contributed by atoms with Gasteiger partial charge in [0.05, 0.1) is 21.4 Å². The molecule has 3 unspecified atom stereocenters. The van der Waals surface area contributed by atoms with Crippen LogP contribution in [0.4, 0.5) is 11.4 Å². The van der Waals surface area contributed by atoms with Gasteiger partial charge in [-0.05, 0) is 48.9 Å². The van der Waals surface area contributed by atoms with Crippen LogP contribution in [0.5, 0.6) is 0 Å². The average molecular weight is 454 g/mol. The second-order valence-electron chi connectivity index (χ2n) is 9.00. The monoisotopic (exact) mass is 453 g/mol. The summed E-state index contributed by atoms with van der Waals surface area (Å²) in [7, 11) is -3.60.